The number of carbonyl (C=O) groups is 1. The van der Waals surface area contributed by atoms with Gasteiger partial charge in [-0.1, -0.05) is 12.1 Å². The van der Waals surface area contributed by atoms with Crippen LogP contribution in [-0.2, 0) is 35.5 Å². The third-order valence-electron chi connectivity index (χ3n) is 5.08. The maximum Gasteiger partial charge on any atom is 0.416 e. The first kappa shape index (κ1) is 24.2. The summed E-state index contributed by atoms with van der Waals surface area (Å²) in [5, 5.41) is 8.85. The van der Waals surface area contributed by atoms with Crippen LogP contribution in [-0.4, -0.2) is 29.0 Å². The van der Waals surface area contributed by atoms with E-state index in [4.69, 9.17) is 9.84 Å². The summed E-state index contributed by atoms with van der Waals surface area (Å²) in [6.07, 6.45) is -7.82. The van der Waals surface area contributed by atoms with E-state index in [0.717, 1.165) is 23.3 Å². The molecule has 1 aliphatic carbocycles. The van der Waals surface area contributed by atoms with Crippen LogP contribution in [0.5, 0.6) is 5.75 Å². The van der Waals surface area contributed by atoms with E-state index in [1.54, 1.807) is 23.5 Å². The molecule has 1 atom stereocenters. The number of hydrogen-bond donors (Lipinski definition) is 1. The molecule has 0 spiro atoms. The van der Waals surface area contributed by atoms with Crippen LogP contribution in [0.1, 0.15) is 41.1 Å². The van der Waals surface area contributed by atoms with E-state index in [1.807, 2.05) is 6.07 Å². The molecule has 32 heavy (non-hydrogen) atoms. The summed E-state index contributed by atoms with van der Waals surface area (Å²) in [4.78, 5) is 10.7. The fourth-order valence-corrected chi connectivity index (χ4v) is 4.84. The molecular weight excluding hydrogens is 460 g/mol. The van der Waals surface area contributed by atoms with E-state index in [1.165, 1.54) is 0 Å². The number of carboxylic acid groups (broad SMARTS) is 1. The van der Waals surface area contributed by atoms with Gasteiger partial charge in [-0.15, -0.1) is 4.31 Å². The van der Waals surface area contributed by atoms with Crippen molar-refractivity contribution in [1.29, 1.82) is 0 Å². The number of carboxylic acids is 1. The molecule has 0 amide bonds. The Morgan fingerprint density at radius 2 is 1.75 bits per heavy atom. The van der Waals surface area contributed by atoms with Crippen LogP contribution in [0.4, 0.5) is 26.3 Å². The summed E-state index contributed by atoms with van der Waals surface area (Å²) in [6.45, 7) is -0.514. The normalized spacial score (nSPS) is 16.7. The molecular formula is C21H20F6NO3S+. The van der Waals surface area contributed by atoms with Gasteiger partial charge >= 0.3 is 18.3 Å². The van der Waals surface area contributed by atoms with E-state index >= 15 is 0 Å². The minimum Gasteiger partial charge on any atom is -0.482 e. The molecule has 1 N–H and O–H groups in total. The number of fused-ring (bicyclic) bond motifs is 1. The largest absolute Gasteiger partial charge is 0.482 e. The van der Waals surface area contributed by atoms with Gasteiger partial charge in [0.25, 0.3) is 0 Å². The van der Waals surface area contributed by atoms with Gasteiger partial charge in [0.1, 0.15) is 5.75 Å². The maximum absolute atomic E-state index is 13.2. The molecule has 0 aliphatic heterocycles. The lowest BCUT2D eigenvalue weighted by Gasteiger charge is -2.29. The zero-order valence-electron chi connectivity index (χ0n) is 16.8. The summed E-state index contributed by atoms with van der Waals surface area (Å²) in [5.41, 5.74) is -1.09. The van der Waals surface area contributed by atoms with E-state index in [2.05, 4.69) is 0 Å². The minimum absolute atomic E-state index is 0.112. The molecule has 0 aromatic heterocycles. The lowest BCUT2D eigenvalue weighted by molar-refractivity contribution is -0.143. The summed E-state index contributed by atoms with van der Waals surface area (Å²) in [7, 11) is 1.62. The van der Waals surface area contributed by atoms with Gasteiger partial charge < -0.3 is 9.84 Å². The van der Waals surface area contributed by atoms with Crippen molar-refractivity contribution in [3.05, 3.63) is 58.7 Å². The molecule has 174 valence electrons. The number of alkyl halides is 6. The average Bonchev–Trinajstić information content (AvgIpc) is 2.70. The zero-order chi connectivity index (χ0) is 23.7. The number of halogens is 6. The third-order valence-corrected chi connectivity index (χ3v) is 6.16. The minimum atomic E-state index is -4.90. The standard InChI is InChI=1S/C21H19F6NO3S/c1-28(32-14-9-12(20(22,23)24)8-13(10-14)21(25,26)27)17-6-2-5-16-15(17)4-3-7-18(16)31-11-19(29)30/h3-4,7-10,17H,2,5-6,11H2,1H3,(H,29,30)/p+1/t17-/m1/s1. The van der Waals surface area contributed by atoms with E-state index in [0.29, 0.717) is 25.0 Å². The Labute approximate surface area is 184 Å². The highest BCUT2D eigenvalue weighted by Crippen LogP contribution is 2.40. The molecule has 0 unspecified atom stereocenters. The van der Waals surface area contributed by atoms with Gasteiger partial charge in [-0.2, -0.15) is 26.3 Å². The number of benzene rings is 2. The van der Waals surface area contributed by atoms with Crippen molar-refractivity contribution >= 4 is 17.9 Å². The summed E-state index contributed by atoms with van der Waals surface area (Å²) in [6, 6.07) is 6.42. The van der Waals surface area contributed by atoms with Crippen molar-refractivity contribution in [3.8, 4) is 5.75 Å². The SMILES string of the molecule is CN([SH+]c1cc(C(F)(F)F)cc(C(F)(F)F)c1)[C@@H]1CCCc2c(OCC(=O)O)cccc21. The number of ether oxygens (including phenoxy) is 1. The molecule has 3 rings (SSSR count). The van der Waals surface area contributed by atoms with Crippen molar-refractivity contribution in [2.24, 2.45) is 0 Å². The Kier molecular flexibility index (Phi) is 6.99. The van der Waals surface area contributed by atoms with Crippen LogP contribution < -0.4 is 4.74 Å². The first-order valence-corrected chi connectivity index (χ1v) is 10.4. The molecule has 4 nitrogen and oxygen atoms in total. The van der Waals surface area contributed by atoms with E-state index in [-0.39, 0.29) is 29.0 Å². The first-order valence-electron chi connectivity index (χ1n) is 9.56. The Morgan fingerprint density at radius 3 is 2.31 bits per heavy atom. The van der Waals surface area contributed by atoms with Crippen LogP contribution >= 0.6 is 0 Å². The van der Waals surface area contributed by atoms with E-state index < -0.39 is 36.1 Å². The monoisotopic (exact) mass is 480 g/mol. The molecule has 0 radical (unpaired) electrons. The molecule has 0 heterocycles. The van der Waals surface area contributed by atoms with Gasteiger partial charge in [0.05, 0.1) is 29.1 Å². The lowest BCUT2D eigenvalue weighted by atomic mass is 9.87. The fourth-order valence-electron chi connectivity index (χ4n) is 3.70. The van der Waals surface area contributed by atoms with Gasteiger partial charge in [0.2, 0.25) is 0 Å². The van der Waals surface area contributed by atoms with Crippen molar-refractivity contribution in [1.82, 2.24) is 4.31 Å². The van der Waals surface area contributed by atoms with Gasteiger partial charge in [-0.25, -0.2) is 4.79 Å². The second-order valence-corrected chi connectivity index (χ2v) is 8.70. The molecule has 1 aliphatic rings. The number of rotatable bonds is 6. The average molecular weight is 480 g/mol. The zero-order valence-corrected chi connectivity index (χ0v) is 17.7. The predicted octanol–water partition coefficient (Wildman–Crippen LogP) is 5.29. The van der Waals surface area contributed by atoms with Crippen molar-refractivity contribution in [2.45, 2.75) is 42.6 Å². The highest BCUT2D eigenvalue weighted by atomic mass is 32.2. The molecule has 11 heteroatoms. The predicted molar refractivity (Wildman–Crippen MR) is 106 cm³/mol. The second kappa shape index (κ2) is 9.22. The van der Waals surface area contributed by atoms with Crippen LogP contribution in [0.15, 0.2) is 41.3 Å². The van der Waals surface area contributed by atoms with Gasteiger partial charge in [-0.05, 0) is 42.5 Å². The van der Waals surface area contributed by atoms with Crippen molar-refractivity contribution in [2.75, 3.05) is 13.7 Å². The van der Waals surface area contributed by atoms with Crippen molar-refractivity contribution < 1.29 is 41.0 Å². The third kappa shape index (κ3) is 5.69. The number of thiol groups is 1. The topological polar surface area (TPSA) is 49.8 Å². The van der Waals surface area contributed by atoms with Gasteiger partial charge in [-0.3, -0.25) is 0 Å². The Hall–Kier alpha value is -2.40. The van der Waals surface area contributed by atoms with Crippen molar-refractivity contribution in [3.63, 3.8) is 0 Å². The summed E-state index contributed by atoms with van der Waals surface area (Å²) < 4.78 is 86.0. The number of aliphatic carboxylic acids is 1. The number of hydrogen-bond acceptors (Lipinski definition) is 3. The molecule has 0 saturated carbocycles. The molecule has 0 saturated heterocycles. The van der Waals surface area contributed by atoms with E-state index in [9.17, 15) is 31.1 Å². The number of nitrogens with zero attached hydrogens (tertiary/aromatic N) is 1. The fraction of sp³-hybridized carbons (Fsp3) is 0.381. The van der Waals surface area contributed by atoms with Crippen LogP contribution in [0.3, 0.4) is 0 Å². The lowest BCUT2D eigenvalue weighted by Crippen LogP contribution is -2.27. The molecule has 0 fully saturated rings. The van der Waals surface area contributed by atoms with Crippen LogP contribution in [0.2, 0.25) is 0 Å². The highest BCUT2D eigenvalue weighted by molar-refractivity contribution is 7.76. The smallest absolute Gasteiger partial charge is 0.416 e. The first-order chi connectivity index (χ1) is 14.9. The molecule has 0 bridgehead atoms. The Morgan fingerprint density at radius 1 is 1.12 bits per heavy atom. The Balaban J connectivity index is 1.90. The van der Waals surface area contributed by atoms with Crippen LogP contribution in [0, 0.1) is 0 Å². The summed E-state index contributed by atoms with van der Waals surface area (Å²) >= 11 is 0.180. The Bertz CT molecular complexity index is 960. The second-order valence-electron chi connectivity index (χ2n) is 7.35. The van der Waals surface area contributed by atoms with Gasteiger partial charge in [0.15, 0.2) is 11.5 Å². The highest BCUT2D eigenvalue weighted by Gasteiger charge is 2.39. The quantitative estimate of drug-likeness (QED) is 0.347. The molecule has 2 aromatic rings. The van der Waals surface area contributed by atoms with Gasteiger partial charge in [0, 0.05) is 19.2 Å². The van der Waals surface area contributed by atoms with Crippen LogP contribution in [0.25, 0.3) is 0 Å². The maximum atomic E-state index is 13.2. The summed E-state index contributed by atoms with van der Waals surface area (Å²) in [5.74, 6) is -0.714. The molecule has 2 aromatic carbocycles.